The van der Waals surface area contributed by atoms with Crippen LogP contribution in [0.15, 0.2) is 0 Å². The Morgan fingerprint density at radius 3 is 2.82 bits per heavy atom. The van der Waals surface area contributed by atoms with Crippen LogP contribution in [0.3, 0.4) is 0 Å². The number of nitrogens with one attached hydrogen (secondary N) is 2. The normalized spacial score (nSPS) is 38.0. The number of hydrogen-bond acceptors (Lipinski definition) is 2. The summed E-state index contributed by atoms with van der Waals surface area (Å²) in [7, 11) is 0. The highest BCUT2D eigenvalue weighted by Crippen LogP contribution is 2.29. The Bertz CT molecular complexity index is 271. The first-order valence-electron chi connectivity index (χ1n) is 7.17. The molecule has 0 aromatic carbocycles. The second-order valence-electron chi connectivity index (χ2n) is 6.02. The fourth-order valence-corrected chi connectivity index (χ4v) is 3.24. The minimum absolute atomic E-state index is 0.171. The van der Waals surface area contributed by atoms with E-state index >= 15 is 0 Å². The summed E-state index contributed by atoms with van der Waals surface area (Å²) >= 11 is 0. The van der Waals surface area contributed by atoms with Crippen LogP contribution < -0.4 is 10.6 Å². The summed E-state index contributed by atoms with van der Waals surface area (Å²) in [6.45, 7) is 6.15. The molecule has 0 aromatic rings. The Labute approximate surface area is 105 Å². The molecule has 98 valence electrons. The maximum absolute atomic E-state index is 12.3. The summed E-state index contributed by atoms with van der Waals surface area (Å²) in [6.07, 6.45) is 7.24. The molecule has 0 bridgehead atoms. The van der Waals surface area contributed by atoms with Gasteiger partial charge in [-0.2, -0.15) is 0 Å². The SMILES string of the molecule is CCC1CCCCC1NC(=O)C1(C)CCNC1. The highest BCUT2D eigenvalue weighted by atomic mass is 16.2. The van der Waals surface area contributed by atoms with Gasteiger partial charge in [0.15, 0.2) is 0 Å². The first-order chi connectivity index (χ1) is 8.15. The van der Waals surface area contributed by atoms with E-state index in [0.29, 0.717) is 12.0 Å². The topological polar surface area (TPSA) is 41.1 Å². The number of carbonyl (C=O) groups excluding carboxylic acids is 1. The van der Waals surface area contributed by atoms with Gasteiger partial charge in [-0.1, -0.05) is 26.2 Å². The van der Waals surface area contributed by atoms with Gasteiger partial charge in [0.25, 0.3) is 0 Å². The molecule has 3 nitrogen and oxygen atoms in total. The van der Waals surface area contributed by atoms with Crippen LogP contribution in [0, 0.1) is 11.3 Å². The van der Waals surface area contributed by atoms with Gasteiger partial charge in [0, 0.05) is 12.6 Å². The van der Waals surface area contributed by atoms with Crippen LogP contribution >= 0.6 is 0 Å². The van der Waals surface area contributed by atoms with Crippen LogP contribution in [0.4, 0.5) is 0 Å². The standard InChI is InChI=1S/C14H26N2O/c1-3-11-6-4-5-7-12(11)16-13(17)14(2)8-9-15-10-14/h11-12,15H,3-10H2,1-2H3,(H,16,17). The fourth-order valence-electron chi connectivity index (χ4n) is 3.24. The van der Waals surface area contributed by atoms with E-state index in [4.69, 9.17) is 0 Å². The molecule has 1 aliphatic carbocycles. The lowest BCUT2D eigenvalue weighted by atomic mass is 9.81. The first-order valence-corrected chi connectivity index (χ1v) is 7.17. The minimum Gasteiger partial charge on any atom is -0.353 e. The fraction of sp³-hybridized carbons (Fsp3) is 0.929. The summed E-state index contributed by atoms with van der Waals surface area (Å²) in [4.78, 5) is 12.3. The molecule has 1 amide bonds. The average Bonchev–Trinajstić information content (AvgIpc) is 2.78. The van der Waals surface area contributed by atoms with Crippen molar-refractivity contribution in [3.63, 3.8) is 0 Å². The predicted molar refractivity (Wildman–Crippen MR) is 69.8 cm³/mol. The quantitative estimate of drug-likeness (QED) is 0.790. The molecule has 17 heavy (non-hydrogen) atoms. The zero-order valence-corrected chi connectivity index (χ0v) is 11.2. The predicted octanol–water partition coefficient (Wildman–Crippen LogP) is 2.07. The number of amides is 1. The molecule has 0 radical (unpaired) electrons. The molecule has 0 spiro atoms. The average molecular weight is 238 g/mol. The van der Waals surface area contributed by atoms with Crippen LogP contribution in [0.5, 0.6) is 0 Å². The number of carbonyl (C=O) groups is 1. The Morgan fingerprint density at radius 2 is 2.18 bits per heavy atom. The van der Waals surface area contributed by atoms with E-state index in [1.54, 1.807) is 0 Å². The summed E-state index contributed by atoms with van der Waals surface area (Å²) < 4.78 is 0. The van der Waals surface area contributed by atoms with Gasteiger partial charge in [-0.25, -0.2) is 0 Å². The zero-order chi connectivity index (χ0) is 12.3. The molecule has 1 saturated carbocycles. The Morgan fingerprint density at radius 1 is 1.41 bits per heavy atom. The summed E-state index contributed by atoms with van der Waals surface area (Å²) in [5.41, 5.74) is -0.171. The van der Waals surface area contributed by atoms with Crippen molar-refractivity contribution < 1.29 is 4.79 Å². The molecule has 1 saturated heterocycles. The number of hydrogen-bond donors (Lipinski definition) is 2. The molecule has 2 aliphatic rings. The summed E-state index contributed by atoms with van der Waals surface area (Å²) in [5, 5.41) is 6.62. The van der Waals surface area contributed by atoms with Crippen molar-refractivity contribution >= 4 is 5.91 Å². The van der Waals surface area contributed by atoms with Crippen molar-refractivity contribution in [1.29, 1.82) is 0 Å². The second-order valence-corrected chi connectivity index (χ2v) is 6.02. The van der Waals surface area contributed by atoms with Crippen LogP contribution in [-0.4, -0.2) is 25.0 Å². The number of rotatable bonds is 3. The largest absolute Gasteiger partial charge is 0.353 e. The monoisotopic (exact) mass is 238 g/mol. The van der Waals surface area contributed by atoms with Gasteiger partial charge in [-0.15, -0.1) is 0 Å². The Hall–Kier alpha value is -0.570. The van der Waals surface area contributed by atoms with Gasteiger partial charge < -0.3 is 10.6 Å². The van der Waals surface area contributed by atoms with Crippen LogP contribution in [0.1, 0.15) is 52.4 Å². The molecule has 0 aromatic heterocycles. The van der Waals surface area contributed by atoms with Crippen molar-refractivity contribution in [2.45, 2.75) is 58.4 Å². The van der Waals surface area contributed by atoms with Gasteiger partial charge in [0.1, 0.15) is 0 Å². The third kappa shape index (κ3) is 2.82. The van der Waals surface area contributed by atoms with E-state index < -0.39 is 0 Å². The van der Waals surface area contributed by atoms with E-state index in [1.165, 1.54) is 32.1 Å². The molecule has 1 heterocycles. The summed E-state index contributed by atoms with van der Waals surface area (Å²) in [5.74, 6) is 0.971. The lowest BCUT2D eigenvalue weighted by molar-refractivity contribution is -0.130. The Balaban J connectivity index is 1.92. The lowest BCUT2D eigenvalue weighted by Gasteiger charge is -2.34. The van der Waals surface area contributed by atoms with Crippen molar-refractivity contribution in [3.8, 4) is 0 Å². The summed E-state index contributed by atoms with van der Waals surface area (Å²) in [6, 6.07) is 0.429. The van der Waals surface area contributed by atoms with Crippen molar-refractivity contribution in [2.75, 3.05) is 13.1 Å². The molecule has 3 heteroatoms. The van der Waals surface area contributed by atoms with E-state index in [9.17, 15) is 4.79 Å². The van der Waals surface area contributed by atoms with Gasteiger partial charge >= 0.3 is 0 Å². The Kier molecular flexibility index (Phi) is 4.08. The maximum Gasteiger partial charge on any atom is 0.227 e. The first kappa shape index (κ1) is 12.9. The lowest BCUT2D eigenvalue weighted by Crippen LogP contribution is -2.48. The van der Waals surface area contributed by atoms with Gasteiger partial charge in [-0.05, 0) is 38.6 Å². The zero-order valence-electron chi connectivity index (χ0n) is 11.2. The van der Waals surface area contributed by atoms with Crippen molar-refractivity contribution in [1.82, 2.24) is 10.6 Å². The highest BCUT2D eigenvalue weighted by molar-refractivity contribution is 5.83. The van der Waals surface area contributed by atoms with Crippen LogP contribution in [0.2, 0.25) is 0 Å². The smallest absolute Gasteiger partial charge is 0.227 e. The highest BCUT2D eigenvalue weighted by Gasteiger charge is 2.38. The third-order valence-electron chi connectivity index (χ3n) is 4.67. The molecular weight excluding hydrogens is 212 g/mol. The molecule has 2 fully saturated rings. The molecule has 3 atom stereocenters. The minimum atomic E-state index is -0.171. The van der Waals surface area contributed by atoms with Crippen molar-refractivity contribution in [3.05, 3.63) is 0 Å². The molecule has 2 rings (SSSR count). The van der Waals surface area contributed by atoms with Gasteiger partial charge in [0.2, 0.25) is 5.91 Å². The van der Waals surface area contributed by atoms with Crippen LogP contribution in [-0.2, 0) is 4.79 Å². The molecular formula is C14H26N2O. The second kappa shape index (κ2) is 5.38. The van der Waals surface area contributed by atoms with Gasteiger partial charge in [0.05, 0.1) is 5.41 Å². The van der Waals surface area contributed by atoms with Crippen LogP contribution in [0.25, 0.3) is 0 Å². The van der Waals surface area contributed by atoms with E-state index in [1.807, 2.05) is 0 Å². The molecule has 2 N–H and O–H groups in total. The maximum atomic E-state index is 12.3. The van der Waals surface area contributed by atoms with Gasteiger partial charge in [-0.3, -0.25) is 4.79 Å². The van der Waals surface area contributed by atoms with E-state index in [-0.39, 0.29) is 11.3 Å². The van der Waals surface area contributed by atoms with E-state index in [0.717, 1.165) is 19.5 Å². The third-order valence-corrected chi connectivity index (χ3v) is 4.67. The molecule has 1 aliphatic heterocycles. The van der Waals surface area contributed by atoms with Crippen molar-refractivity contribution in [2.24, 2.45) is 11.3 Å². The van der Waals surface area contributed by atoms with E-state index in [2.05, 4.69) is 24.5 Å². The molecule has 3 unspecified atom stereocenters.